The lowest BCUT2D eigenvalue weighted by Crippen LogP contribution is -2.41. The second kappa shape index (κ2) is 8.08. The lowest BCUT2D eigenvalue weighted by molar-refractivity contribution is -0.116. The molecule has 0 aliphatic rings. The van der Waals surface area contributed by atoms with Crippen LogP contribution in [0.3, 0.4) is 0 Å². The fourth-order valence-electron chi connectivity index (χ4n) is 3.27. The fourth-order valence-corrected chi connectivity index (χ4v) is 4.11. The Labute approximate surface area is 174 Å². The summed E-state index contributed by atoms with van der Waals surface area (Å²) in [6.45, 7) is 1.39. The number of hydrogen-bond acceptors (Lipinski definition) is 4. The molecule has 1 N–H and O–H groups in total. The molecular formula is C22H18FN3O3S. The van der Waals surface area contributed by atoms with E-state index in [0.29, 0.717) is 15.9 Å². The number of halogens is 1. The zero-order valence-corrected chi connectivity index (χ0v) is 16.9. The van der Waals surface area contributed by atoms with E-state index in [1.54, 1.807) is 29.6 Å². The minimum absolute atomic E-state index is 0.211. The van der Waals surface area contributed by atoms with Gasteiger partial charge in [0.1, 0.15) is 17.1 Å². The highest BCUT2D eigenvalue weighted by molar-refractivity contribution is 7.17. The smallest absolute Gasteiger partial charge is 0.324 e. The molecule has 1 amide bonds. The first kappa shape index (κ1) is 19.8. The molecule has 4 rings (SSSR count). The number of amides is 1. The Hall–Kier alpha value is -3.52. The van der Waals surface area contributed by atoms with Gasteiger partial charge in [-0.2, -0.15) is 0 Å². The quantitative estimate of drug-likeness (QED) is 0.535. The number of para-hydroxylation sites is 1. The molecule has 0 aliphatic heterocycles. The number of nitrogens with zero attached hydrogens (tertiary/aromatic N) is 2. The summed E-state index contributed by atoms with van der Waals surface area (Å²) >= 11 is 1.18. The SMILES string of the molecule is Cc1ccccc1NC(=O)Cn1c(=O)n(Cc2ccccc2F)c(=O)c2sccc21. The minimum atomic E-state index is -0.658. The van der Waals surface area contributed by atoms with Gasteiger partial charge in [0.25, 0.3) is 5.56 Å². The summed E-state index contributed by atoms with van der Waals surface area (Å²) in [6.07, 6.45) is 0. The lowest BCUT2D eigenvalue weighted by Gasteiger charge is -2.13. The molecule has 8 heteroatoms. The van der Waals surface area contributed by atoms with Crippen molar-refractivity contribution in [2.75, 3.05) is 5.32 Å². The van der Waals surface area contributed by atoms with E-state index in [-0.39, 0.29) is 18.7 Å². The number of carbonyl (C=O) groups is 1. The third kappa shape index (κ3) is 3.69. The number of thiophene rings is 1. The van der Waals surface area contributed by atoms with Crippen molar-refractivity contribution in [1.82, 2.24) is 9.13 Å². The van der Waals surface area contributed by atoms with Gasteiger partial charge in [-0.25, -0.2) is 9.18 Å². The van der Waals surface area contributed by atoms with Crippen molar-refractivity contribution in [3.8, 4) is 0 Å². The topological polar surface area (TPSA) is 73.1 Å². The number of benzene rings is 2. The number of rotatable bonds is 5. The third-order valence-corrected chi connectivity index (χ3v) is 5.74. The van der Waals surface area contributed by atoms with Crippen molar-refractivity contribution in [1.29, 1.82) is 0 Å². The van der Waals surface area contributed by atoms with Gasteiger partial charge in [0.15, 0.2) is 0 Å². The Kier molecular flexibility index (Phi) is 5.33. The van der Waals surface area contributed by atoms with E-state index in [0.717, 1.165) is 10.1 Å². The van der Waals surface area contributed by atoms with Crippen molar-refractivity contribution >= 4 is 33.1 Å². The van der Waals surface area contributed by atoms with Crippen LogP contribution >= 0.6 is 11.3 Å². The van der Waals surface area contributed by atoms with E-state index in [4.69, 9.17) is 0 Å². The molecule has 2 aromatic heterocycles. The number of anilines is 1. The molecule has 152 valence electrons. The van der Waals surface area contributed by atoms with Crippen LogP contribution in [0, 0.1) is 12.7 Å². The molecule has 0 spiro atoms. The molecule has 0 radical (unpaired) electrons. The van der Waals surface area contributed by atoms with Gasteiger partial charge in [-0.05, 0) is 36.1 Å². The standard InChI is InChI=1S/C22H18FN3O3S/c1-14-6-2-5-9-17(14)24-19(27)13-25-18-10-11-30-20(18)21(28)26(22(25)29)12-15-7-3-4-8-16(15)23/h2-11H,12-13H2,1H3,(H,24,27). The Morgan fingerprint density at radius 2 is 1.77 bits per heavy atom. The van der Waals surface area contributed by atoms with Gasteiger partial charge in [-0.15, -0.1) is 11.3 Å². The first-order valence-corrected chi connectivity index (χ1v) is 10.1. The second-order valence-electron chi connectivity index (χ2n) is 6.85. The van der Waals surface area contributed by atoms with Crippen LogP contribution in [0.15, 0.2) is 69.6 Å². The monoisotopic (exact) mass is 423 g/mol. The Morgan fingerprint density at radius 3 is 2.53 bits per heavy atom. The van der Waals surface area contributed by atoms with Crippen molar-refractivity contribution in [3.63, 3.8) is 0 Å². The highest BCUT2D eigenvalue weighted by Gasteiger charge is 2.17. The van der Waals surface area contributed by atoms with Crippen molar-refractivity contribution in [3.05, 3.63) is 97.8 Å². The highest BCUT2D eigenvalue weighted by atomic mass is 32.1. The molecule has 0 unspecified atom stereocenters. The number of fused-ring (bicyclic) bond motifs is 1. The molecule has 0 aliphatic carbocycles. The van der Waals surface area contributed by atoms with E-state index in [9.17, 15) is 18.8 Å². The summed E-state index contributed by atoms with van der Waals surface area (Å²) in [6, 6.07) is 14.9. The van der Waals surface area contributed by atoms with E-state index < -0.39 is 23.0 Å². The molecule has 2 aromatic carbocycles. The Bertz CT molecular complexity index is 1370. The van der Waals surface area contributed by atoms with Gasteiger partial charge < -0.3 is 5.32 Å². The minimum Gasteiger partial charge on any atom is -0.324 e. The van der Waals surface area contributed by atoms with Gasteiger partial charge in [-0.3, -0.25) is 18.7 Å². The molecule has 0 saturated heterocycles. The maximum Gasteiger partial charge on any atom is 0.332 e. The molecule has 0 bridgehead atoms. The molecule has 6 nitrogen and oxygen atoms in total. The van der Waals surface area contributed by atoms with E-state index in [1.807, 2.05) is 19.1 Å². The molecule has 30 heavy (non-hydrogen) atoms. The van der Waals surface area contributed by atoms with Crippen LogP contribution in [0.5, 0.6) is 0 Å². The van der Waals surface area contributed by atoms with E-state index in [2.05, 4.69) is 5.32 Å². The first-order chi connectivity index (χ1) is 14.5. The maximum atomic E-state index is 14.1. The zero-order chi connectivity index (χ0) is 21.3. The average Bonchev–Trinajstić information content (AvgIpc) is 3.21. The summed E-state index contributed by atoms with van der Waals surface area (Å²) in [5, 5.41) is 4.48. The summed E-state index contributed by atoms with van der Waals surface area (Å²) < 4.78 is 16.7. The molecule has 4 aromatic rings. The van der Waals surface area contributed by atoms with Crippen molar-refractivity contribution in [2.45, 2.75) is 20.0 Å². The van der Waals surface area contributed by atoms with Crippen LogP contribution in [0.4, 0.5) is 10.1 Å². The third-order valence-electron chi connectivity index (χ3n) is 4.84. The lowest BCUT2D eigenvalue weighted by atomic mass is 10.2. The molecule has 0 saturated carbocycles. The van der Waals surface area contributed by atoms with E-state index >= 15 is 0 Å². The van der Waals surface area contributed by atoms with E-state index in [1.165, 1.54) is 34.1 Å². The van der Waals surface area contributed by atoms with Gasteiger partial charge in [0, 0.05) is 11.3 Å². The number of aromatic nitrogens is 2. The fraction of sp³-hybridized carbons (Fsp3) is 0.136. The predicted octanol–water partition coefficient (Wildman–Crippen LogP) is 3.36. The molecule has 2 heterocycles. The summed E-state index contributed by atoms with van der Waals surface area (Å²) in [4.78, 5) is 38.6. The molecular weight excluding hydrogens is 405 g/mol. The highest BCUT2D eigenvalue weighted by Crippen LogP contribution is 2.17. The average molecular weight is 423 g/mol. The second-order valence-corrected chi connectivity index (χ2v) is 7.77. The van der Waals surface area contributed by atoms with Crippen LogP contribution in [-0.4, -0.2) is 15.0 Å². The summed E-state index contributed by atoms with van der Waals surface area (Å²) in [7, 11) is 0. The Balaban J connectivity index is 1.75. The number of aryl methyl sites for hydroxylation is 1. The molecule has 0 atom stereocenters. The van der Waals surface area contributed by atoms with Crippen LogP contribution < -0.4 is 16.6 Å². The number of carbonyl (C=O) groups excluding carboxylic acids is 1. The van der Waals surface area contributed by atoms with Crippen LogP contribution in [0.1, 0.15) is 11.1 Å². The zero-order valence-electron chi connectivity index (χ0n) is 16.1. The van der Waals surface area contributed by atoms with Crippen molar-refractivity contribution in [2.24, 2.45) is 0 Å². The number of nitrogens with one attached hydrogen (secondary N) is 1. The van der Waals surface area contributed by atoms with Gasteiger partial charge in [0.05, 0.1) is 12.1 Å². The number of hydrogen-bond donors (Lipinski definition) is 1. The van der Waals surface area contributed by atoms with Crippen LogP contribution in [0.2, 0.25) is 0 Å². The summed E-state index contributed by atoms with van der Waals surface area (Å²) in [5.41, 5.74) is 1.00. The van der Waals surface area contributed by atoms with Gasteiger partial charge >= 0.3 is 5.69 Å². The van der Waals surface area contributed by atoms with Crippen molar-refractivity contribution < 1.29 is 9.18 Å². The molecule has 0 fully saturated rings. The largest absolute Gasteiger partial charge is 0.332 e. The normalized spacial score (nSPS) is 11.0. The first-order valence-electron chi connectivity index (χ1n) is 9.25. The maximum absolute atomic E-state index is 14.1. The van der Waals surface area contributed by atoms with Gasteiger partial charge in [0.2, 0.25) is 5.91 Å². The van der Waals surface area contributed by atoms with Gasteiger partial charge in [-0.1, -0.05) is 36.4 Å². The van der Waals surface area contributed by atoms with Crippen LogP contribution in [-0.2, 0) is 17.9 Å². The summed E-state index contributed by atoms with van der Waals surface area (Å²) in [5.74, 6) is -0.895. The van der Waals surface area contributed by atoms with Crippen LogP contribution in [0.25, 0.3) is 10.2 Å². The predicted molar refractivity (Wildman–Crippen MR) is 116 cm³/mol. The Morgan fingerprint density at radius 1 is 1.03 bits per heavy atom.